The maximum atomic E-state index is 10.7. The zero-order valence-electron chi connectivity index (χ0n) is 11.1. The Hall–Kier alpha value is -1.85. The van der Waals surface area contributed by atoms with Crippen LogP contribution < -0.4 is 15.4 Å². The van der Waals surface area contributed by atoms with Gasteiger partial charge < -0.3 is 15.4 Å². The summed E-state index contributed by atoms with van der Waals surface area (Å²) in [7, 11) is 0. The van der Waals surface area contributed by atoms with Crippen molar-refractivity contribution in [1.82, 2.24) is 15.3 Å². The summed E-state index contributed by atoms with van der Waals surface area (Å²) >= 11 is 0. The van der Waals surface area contributed by atoms with Crippen molar-refractivity contribution in [2.45, 2.75) is 27.2 Å². The van der Waals surface area contributed by atoms with Gasteiger partial charge in [-0.2, -0.15) is 4.98 Å². The third kappa shape index (κ3) is 5.47. The third-order valence-corrected chi connectivity index (χ3v) is 2.07. The van der Waals surface area contributed by atoms with Crippen LogP contribution in [0.2, 0.25) is 0 Å². The largest absolute Gasteiger partial charge is 0.478 e. The lowest BCUT2D eigenvalue weighted by Crippen LogP contribution is -2.26. The summed E-state index contributed by atoms with van der Waals surface area (Å²) in [6.07, 6.45) is 0.939. The van der Waals surface area contributed by atoms with Crippen molar-refractivity contribution in [2.75, 3.05) is 25.0 Å². The SMILES string of the molecule is CCCOc1cc(C)nc(NCCNC(C)=O)n1. The van der Waals surface area contributed by atoms with E-state index in [1.807, 2.05) is 13.8 Å². The van der Waals surface area contributed by atoms with Crippen molar-refractivity contribution >= 4 is 11.9 Å². The third-order valence-electron chi connectivity index (χ3n) is 2.07. The van der Waals surface area contributed by atoms with Gasteiger partial charge in [-0.25, -0.2) is 4.98 Å². The van der Waals surface area contributed by atoms with Gasteiger partial charge in [0.1, 0.15) is 0 Å². The molecule has 0 aliphatic rings. The standard InChI is InChI=1S/C12H20N4O2/c1-4-7-18-11-8-9(2)15-12(16-11)14-6-5-13-10(3)17/h8H,4-7H2,1-3H3,(H,13,17)(H,14,15,16). The summed E-state index contributed by atoms with van der Waals surface area (Å²) in [5, 5.41) is 5.73. The lowest BCUT2D eigenvalue weighted by atomic mass is 10.4. The topological polar surface area (TPSA) is 76.1 Å². The Balaban J connectivity index is 2.48. The molecule has 2 N–H and O–H groups in total. The summed E-state index contributed by atoms with van der Waals surface area (Å²) in [4.78, 5) is 19.2. The van der Waals surface area contributed by atoms with Gasteiger partial charge in [-0.05, 0) is 13.3 Å². The van der Waals surface area contributed by atoms with Crippen molar-refractivity contribution in [3.8, 4) is 5.88 Å². The van der Waals surface area contributed by atoms with Gasteiger partial charge in [-0.1, -0.05) is 6.92 Å². The van der Waals surface area contributed by atoms with Crippen LogP contribution in [0, 0.1) is 6.92 Å². The smallest absolute Gasteiger partial charge is 0.226 e. The van der Waals surface area contributed by atoms with Crippen LogP contribution in [-0.4, -0.2) is 35.6 Å². The molecule has 1 aromatic rings. The van der Waals surface area contributed by atoms with Gasteiger partial charge in [0.15, 0.2) is 0 Å². The van der Waals surface area contributed by atoms with E-state index in [0.717, 1.165) is 12.1 Å². The number of amides is 1. The summed E-state index contributed by atoms with van der Waals surface area (Å²) in [6.45, 7) is 7.18. The fourth-order valence-corrected chi connectivity index (χ4v) is 1.31. The first-order valence-corrected chi connectivity index (χ1v) is 6.08. The maximum Gasteiger partial charge on any atom is 0.226 e. The number of hydrogen-bond donors (Lipinski definition) is 2. The Morgan fingerprint density at radius 3 is 2.83 bits per heavy atom. The molecule has 0 saturated carbocycles. The molecule has 0 atom stereocenters. The van der Waals surface area contributed by atoms with Crippen LogP contribution in [0.25, 0.3) is 0 Å². The van der Waals surface area contributed by atoms with Gasteiger partial charge in [0.05, 0.1) is 6.61 Å². The molecule has 6 heteroatoms. The minimum absolute atomic E-state index is 0.0473. The minimum atomic E-state index is -0.0473. The number of ether oxygens (including phenoxy) is 1. The van der Waals surface area contributed by atoms with Gasteiger partial charge in [0.25, 0.3) is 0 Å². The van der Waals surface area contributed by atoms with Gasteiger partial charge in [-0.3, -0.25) is 4.79 Å². The zero-order chi connectivity index (χ0) is 13.4. The van der Waals surface area contributed by atoms with Crippen LogP contribution in [0.5, 0.6) is 5.88 Å². The fraction of sp³-hybridized carbons (Fsp3) is 0.583. The molecular formula is C12H20N4O2. The lowest BCUT2D eigenvalue weighted by molar-refractivity contribution is -0.118. The van der Waals surface area contributed by atoms with E-state index in [0.29, 0.717) is 31.5 Å². The highest BCUT2D eigenvalue weighted by molar-refractivity contribution is 5.72. The van der Waals surface area contributed by atoms with Gasteiger partial charge >= 0.3 is 0 Å². The van der Waals surface area contributed by atoms with Crippen molar-refractivity contribution in [2.24, 2.45) is 0 Å². The molecule has 0 aliphatic carbocycles. The maximum absolute atomic E-state index is 10.7. The second-order valence-corrected chi connectivity index (χ2v) is 3.93. The van der Waals surface area contributed by atoms with E-state index >= 15 is 0 Å². The highest BCUT2D eigenvalue weighted by atomic mass is 16.5. The van der Waals surface area contributed by atoms with Crippen molar-refractivity contribution in [3.63, 3.8) is 0 Å². The van der Waals surface area contributed by atoms with Crippen LogP contribution in [0.1, 0.15) is 26.0 Å². The highest BCUT2D eigenvalue weighted by Crippen LogP contribution is 2.11. The molecule has 0 saturated heterocycles. The molecule has 0 bridgehead atoms. The summed E-state index contributed by atoms with van der Waals surface area (Å²) in [5.74, 6) is 1.05. The van der Waals surface area contributed by atoms with E-state index in [-0.39, 0.29) is 5.91 Å². The number of carbonyl (C=O) groups is 1. The quantitative estimate of drug-likeness (QED) is 0.711. The predicted octanol–water partition coefficient (Wildman–Crippen LogP) is 1.12. The number of hydrogen-bond acceptors (Lipinski definition) is 5. The second-order valence-electron chi connectivity index (χ2n) is 3.93. The Bertz CT molecular complexity index is 396. The summed E-state index contributed by atoms with van der Waals surface area (Å²) in [5.41, 5.74) is 0.845. The molecule has 1 rings (SSSR count). The number of aryl methyl sites for hydroxylation is 1. The molecule has 0 radical (unpaired) electrons. The van der Waals surface area contributed by atoms with E-state index in [1.54, 1.807) is 6.07 Å². The van der Waals surface area contributed by atoms with E-state index in [1.165, 1.54) is 6.92 Å². The highest BCUT2D eigenvalue weighted by Gasteiger charge is 2.02. The molecule has 1 heterocycles. The Morgan fingerprint density at radius 1 is 1.39 bits per heavy atom. The lowest BCUT2D eigenvalue weighted by Gasteiger charge is -2.09. The molecule has 0 aliphatic heterocycles. The minimum Gasteiger partial charge on any atom is -0.478 e. The van der Waals surface area contributed by atoms with Crippen molar-refractivity contribution < 1.29 is 9.53 Å². The molecule has 6 nitrogen and oxygen atoms in total. The van der Waals surface area contributed by atoms with Gasteiger partial charge in [0.2, 0.25) is 17.7 Å². The molecule has 0 spiro atoms. The Morgan fingerprint density at radius 2 is 2.17 bits per heavy atom. The van der Waals surface area contributed by atoms with Crippen molar-refractivity contribution in [3.05, 3.63) is 11.8 Å². The van der Waals surface area contributed by atoms with E-state index in [2.05, 4.69) is 20.6 Å². The van der Waals surface area contributed by atoms with Crippen LogP contribution in [0.15, 0.2) is 6.07 Å². The molecule has 18 heavy (non-hydrogen) atoms. The first-order chi connectivity index (χ1) is 8.61. The molecule has 100 valence electrons. The van der Waals surface area contributed by atoms with Crippen molar-refractivity contribution in [1.29, 1.82) is 0 Å². The first-order valence-electron chi connectivity index (χ1n) is 6.08. The molecule has 0 aromatic carbocycles. The number of carbonyl (C=O) groups excluding carboxylic acids is 1. The number of nitrogens with zero attached hydrogens (tertiary/aromatic N) is 2. The summed E-state index contributed by atoms with van der Waals surface area (Å²) in [6, 6.07) is 1.80. The van der Waals surface area contributed by atoms with Crippen LogP contribution in [0.4, 0.5) is 5.95 Å². The predicted molar refractivity (Wildman–Crippen MR) is 69.7 cm³/mol. The van der Waals surface area contributed by atoms with Crippen LogP contribution in [0.3, 0.4) is 0 Å². The monoisotopic (exact) mass is 252 g/mol. The van der Waals surface area contributed by atoms with E-state index in [4.69, 9.17) is 4.74 Å². The van der Waals surface area contributed by atoms with E-state index in [9.17, 15) is 4.79 Å². The van der Waals surface area contributed by atoms with Gasteiger partial charge in [0, 0.05) is 31.8 Å². The Labute approximate surface area is 107 Å². The van der Waals surface area contributed by atoms with E-state index < -0.39 is 0 Å². The van der Waals surface area contributed by atoms with Crippen LogP contribution >= 0.6 is 0 Å². The number of anilines is 1. The number of nitrogens with one attached hydrogen (secondary N) is 2. The summed E-state index contributed by atoms with van der Waals surface area (Å²) < 4.78 is 5.46. The average molecular weight is 252 g/mol. The number of aromatic nitrogens is 2. The Kier molecular flexibility index (Phi) is 5.90. The zero-order valence-corrected chi connectivity index (χ0v) is 11.1. The van der Waals surface area contributed by atoms with Gasteiger partial charge in [-0.15, -0.1) is 0 Å². The molecule has 0 fully saturated rings. The molecule has 1 aromatic heterocycles. The normalized spacial score (nSPS) is 9.94. The molecule has 1 amide bonds. The molecular weight excluding hydrogens is 232 g/mol. The second kappa shape index (κ2) is 7.47. The number of rotatable bonds is 7. The van der Waals surface area contributed by atoms with Crippen LogP contribution in [-0.2, 0) is 4.79 Å². The fourth-order valence-electron chi connectivity index (χ4n) is 1.31. The average Bonchev–Trinajstić information content (AvgIpc) is 2.31. The molecule has 0 unspecified atom stereocenters. The first kappa shape index (κ1) is 14.2.